The molecule has 0 radical (unpaired) electrons. The Morgan fingerprint density at radius 2 is 2.05 bits per heavy atom. The summed E-state index contributed by atoms with van der Waals surface area (Å²) in [5, 5.41) is 9.65. The number of hydrogen-bond donors (Lipinski definition) is 1. The highest BCUT2D eigenvalue weighted by atomic mass is 16.6. The Morgan fingerprint density at radius 1 is 1.37 bits per heavy atom. The molecule has 0 aromatic heterocycles. The maximum absolute atomic E-state index is 12.0. The maximum Gasteiger partial charge on any atom is 0.334 e. The standard InChI is InChI=1S/C16H28O3/c1-5-13(15(18)19-16(2,3)4)10-9-12-7-6-8-14(17)11-12/h10,12,14,17H,5-9,11H2,1-4H3/t12-,14-/m0/s1. The van der Waals surface area contributed by atoms with Crippen molar-refractivity contribution in [2.75, 3.05) is 0 Å². The molecule has 0 heterocycles. The highest BCUT2D eigenvalue weighted by molar-refractivity contribution is 5.88. The minimum Gasteiger partial charge on any atom is -0.457 e. The molecule has 0 unspecified atom stereocenters. The summed E-state index contributed by atoms with van der Waals surface area (Å²) in [6, 6.07) is 0. The summed E-state index contributed by atoms with van der Waals surface area (Å²) in [7, 11) is 0. The van der Waals surface area contributed by atoms with Crippen LogP contribution >= 0.6 is 0 Å². The molecule has 0 bridgehead atoms. The molecule has 0 aromatic carbocycles. The predicted octanol–water partition coefficient (Wildman–Crippen LogP) is 3.61. The molecular weight excluding hydrogens is 240 g/mol. The Bertz CT molecular complexity index is 325. The molecular formula is C16H28O3. The monoisotopic (exact) mass is 268 g/mol. The molecule has 1 saturated carbocycles. The summed E-state index contributed by atoms with van der Waals surface area (Å²) < 4.78 is 5.40. The molecule has 2 atom stereocenters. The highest BCUT2D eigenvalue weighted by Crippen LogP contribution is 2.28. The van der Waals surface area contributed by atoms with E-state index >= 15 is 0 Å². The average Bonchev–Trinajstić information content (AvgIpc) is 2.27. The second-order valence-corrected chi connectivity index (χ2v) is 6.51. The topological polar surface area (TPSA) is 46.5 Å². The molecule has 1 fully saturated rings. The van der Waals surface area contributed by atoms with Gasteiger partial charge in [0, 0.05) is 5.57 Å². The van der Waals surface area contributed by atoms with E-state index in [1.807, 2.05) is 33.8 Å². The minimum absolute atomic E-state index is 0.154. The molecule has 3 nitrogen and oxygen atoms in total. The first-order valence-corrected chi connectivity index (χ1v) is 7.42. The van der Waals surface area contributed by atoms with Crippen LogP contribution < -0.4 is 0 Å². The lowest BCUT2D eigenvalue weighted by Crippen LogP contribution is -2.25. The Kier molecular flexibility index (Phi) is 6.05. The zero-order valence-electron chi connectivity index (χ0n) is 12.7. The van der Waals surface area contributed by atoms with Gasteiger partial charge in [0.2, 0.25) is 0 Å². The Hall–Kier alpha value is -0.830. The van der Waals surface area contributed by atoms with E-state index in [1.54, 1.807) is 0 Å². The van der Waals surface area contributed by atoms with Crippen LogP contribution in [0.2, 0.25) is 0 Å². The highest BCUT2D eigenvalue weighted by Gasteiger charge is 2.21. The molecule has 19 heavy (non-hydrogen) atoms. The average molecular weight is 268 g/mol. The zero-order chi connectivity index (χ0) is 14.5. The lowest BCUT2D eigenvalue weighted by atomic mass is 9.84. The van der Waals surface area contributed by atoms with E-state index in [-0.39, 0.29) is 12.1 Å². The van der Waals surface area contributed by atoms with Gasteiger partial charge in [0.15, 0.2) is 0 Å². The van der Waals surface area contributed by atoms with Crippen LogP contribution in [0.25, 0.3) is 0 Å². The molecule has 0 amide bonds. The third kappa shape index (κ3) is 6.24. The fraction of sp³-hybridized carbons (Fsp3) is 0.812. The van der Waals surface area contributed by atoms with Crippen molar-refractivity contribution in [3.63, 3.8) is 0 Å². The Labute approximate surface area is 117 Å². The predicted molar refractivity (Wildman–Crippen MR) is 76.8 cm³/mol. The van der Waals surface area contributed by atoms with Crippen LogP contribution in [-0.4, -0.2) is 22.8 Å². The van der Waals surface area contributed by atoms with Gasteiger partial charge >= 0.3 is 5.97 Å². The smallest absolute Gasteiger partial charge is 0.334 e. The molecule has 1 aliphatic rings. The van der Waals surface area contributed by atoms with Gasteiger partial charge in [0.05, 0.1) is 6.10 Å². The van der Waals surface area contributed by atoms with Crippen molar-refractivity contribution in [1.82, 2.24) is 0 Å². The van der Waals surface area contributed by atoms with Gasteiger partial charge in [-0.1, -0.05) is 19.4 Å². The number of rotatable bonds is 4. The fourth-order valence-electron chi connectivity index (χ4n) is 2.50. The van der Waals surface area contributed by atoms with Gasteiger partial charge in [0.1, 0.15) is 5.60 Å². The Balaban J connectivity index is 2.54. The third-order valence-corrected chi connectivity index (χ3v) is 3.49. The van der Waals surface area contributed by atoms with E-state index in [4.69, 9.17) is 4.74 Å². The number of aliphatic hydroxyl groups is 1. The van der Waals surface area contributed by atoms with Gasteiger partial charge in [0.25, 0.3) is 0 Å². The van der Waals surface area contributed by atoms with Crippen LogP contribution in [0.4, 0.5) is 0 Å². The van der Waals surface area contributed by atoms with Gasteiger partial charge in [-0.05, 0) is 58.8 Å². The number of allylic oxidation sites excluding steroid dienone is 1. The number of carbonyl (C=O) groups excluding carboxylic acids is 1. The van der Waals surface area contributed by atoms with E-state index in [9.17, 15) is 9.90 Å². The summed E-state index contributed by atoms with van der Waals surface area (Å²) >= 11 is 0. The van der Waals surface area contributed by atoms with Crippen LogP contribution in [0, 0.1) is 5.92 Å². The molecule has 0 spiro atoms. The van der Waals surface area contributed by atoms with Crippen molar-refractivity contribution in [3.8, 4) is 0 Å². The third-order valence-electron chi connectivity index (χ3n) is 3.49. The van der Waals surface area contributed by atoms with E-state index < -0.39 is 5.60 Å². The van der Waals surface area contributed by atoms with E-state index in [0.717, 1.165) is 37.7 Å². The second-order valence-electron chi connectivity index (χ2n) is 6.51. The zero-order valence-corrected chi connectivity index (χ0v) is 12.7. The molecule has 0 saturated heterocycles. The summed E-state index contributed by atoms with van der Waals surface area (Å²) in [4.78, 5) is 12.0. The van der Waals surface area contributed by atoms with Crippen molar-refractivity contribution in [2.45, 2.75) is 77.9 Å². The molecule has 1 aliphatic carbocycles. The van der Waals surface area contributed by atoms with Crippen molar-refractivity contribution >= 4 is 5.97 Å². The normalized spacial score (nSPS) is 25.2. The van der Waals surface area contributed by atoms with Crippen molar-refractivity contribution in [1.29, 1.82) is 0 Å². The summed E-state index contributed by atoms with van der Waals surface area (Å²) in [5.74, 6) is 0.305. The van der Waals surface area contributed by atoms with Gasteiger partial charge < -0.3 is 9.84 Å². The first-order chi connectivity index (χ1) is 8.81. The SMILES string of the molecule is CCC(=CC[C@@H]1CCC[C@H](O)C1)C(=O)OC(C)(C)C. The van der Waals surface area contributed by atoms with Crippen molar-refractivity contribution in [3.05, 3.63) is 11.6 Å². The van der Waals surface area contributed by atoms with Crippen LogP contribution in [0.1, 0.15) is 66.2 Å². The second kappa shape index (κ2) is 7.09. The maximum atomic E-state index is 12.0. The molecule has 1 N–H and O–H groups in total. The van der Waals surface area contributed by atoms with Crippen LogP contribution in [-0.2, 0) is 9.53 Å². The fourth-order valence-corrected chi connectivity index (χ4v) is 2.50. The molecule has 3 heteroatoms. The number of ether oxygens (including phenoxy) is 1. The van der Waals surface area contributed by atoms with Crippen LogP contribution in [0.15, 0.2) is 11.6 Å². The largest absolute Gasteiger partial charge is 0.457 e. The van der Waals surface area contributed by atoms with E-state index in [1.165, 1.54) is 0 Å². The minimum atomic E-state index is -0.438. The lowest BCUT2D eigenvalue weighted by molar-refractivity contribution is -0.150. The molecule has 1 rings (SSSR count). The quantitative estimate of drug-likeness (QED) is 0.626. The number of hydrogen-bond acceptors (Lipinski definition) is 3. The van der Waals surface area contributed by atoms with Crippen molar-refractivity contribution < 1.29 is 14.6 Å². The number of esters is 1. The van der Waals surface area contributed by atoms with Crippen molar-refractivity contribution in [2.24, 2.45) is 5.92 Å². The van der Waals surface area contributed by atoms with E-state index in [2.05, 4.69) is 0 Å². The van der Waals surface area contributed by atoms with E-state index in [0.29, 0.717) is 12.3 Å². The van der Waals surface area contributed by atoms with Gasteiger partial charge in [-0.25, -0.2) is 4.79 Å². The molecule has 110 valence electrons. The summed E-state index contributed by atoms with van der Waals surface area (Å²) in [6.07, 6.45) is 7.46. The first-order valence-electron chi connectivity index (χ1n) is 7.42. The summed E-state index contributed by atoms with van der Waals surface area (Å²) in [6.45, 7) is 7.63. The van der Waals surface area contributed by atoms with Gasteiger partial charge in [-0.3, -0.25) is 0 Å². The van der Waals surface area contributed by atoms with Crippen LogP contribution in [0.3, 0.4) is 0 Å². The molecule has 0 aliphatic heterocycles. The number of carbonyl (C=O) groups is 1. The van der Waals surface area contributed by atoms with Gasteiger partial charge in [-0.2, -0.15) is 0 Å². The molecule has 0 aromatic rings. The lowest BCUT2D eigenvalue weighted by Gasteiger charge is -2.25. The Morgan fingerprint density at radius 3 is 2.58 bits per heavy atom. The van der Waals surface area contributed by atoms with Crippen LogP contribution in [0.5, 0.6) is 0 Å². The summed E-state index contributed by atoms with van der Waals surface area (Å²) in [5.41, 5.74) is 0.321. The number of aliphatic hydroxyl groups excluding tert-OH is 1. The first kappa shape index (κ1) is 16.2. The van der Waals surface area contributed by atoms with Gasteiger partial charge in [-0.15, -0.1) is 0 Å².